The molecular formula is C13H25N3S. The fraction of sp³-hybridized carbons (Fsp3) is 0.846. The topological polar surface area (TPSA) is 33.6 Å². The summed E-state index contributed by atoms with van der Waals surface area (Å²) in [6, 6.07) is 0. The van der Waals surface area contributed by atoms with Gasteiger partial charge in [-0.15, -0.1) is 0 Å². The summed E-state index contributed by atoms with van der Waals surface area (Å²) in [5.41, 5.74) is 0. The molecule has 0 spiro atoms. The van der Waals surface area contributed by atoms with E-state index in [0.29, 0.717) is 5.92 Å². The Morgan fingerprint density at radius 3 is 2.59 bits per heavy atom. The standard InChI is InChI=1S/C13H25N3S/c1-5-7-8-11(6-2)9-16-12(10(3)4)14-15-13(16)17/h10-11H,5-9H2,1-4H3,(H,15,17). The second kappa shape index (κ2) is 6.94. The molecule has 0 amide bonds. The summed E-state index contributed by atoms with van der Waals surface area (Å²) in [6.45, 7) is 9.84. The van der Waals surface area contributed by atoms with Gasteiger partial charge < -0.3 is 4.57 Å². The molecule has 0 bridgehead atoms. The lowest BCUT2D eigenvalue weighted by Gasteiger charge is -2.17. The Kier molecular flexibility index (Phi) is 5.89. The van der Waals surface area contributed by atoms with Gasteiger partial charge in [0.25, 0.3) is 0 Å². The molecule has 0 fully saturated rings. The number of hydrogen-bond acceptors (Lipinski definition) is 2. The molecule has 0 saturated heterocycles. The van der Waals surface area contributed by atoms with E-state index in [2.05, 4.69) is 42.5 Å². The molecule has 0 radical (unpaired) electrons. The molecular weight excluding hydrogens is 230 g/mol. The minimum absolute atomic E-state index is 0.423. The highest BCUT2D eigenvalue weighted by molar-refractivity contribution is 7.71. The van der Waals surface area contributed by atoms with Crippen LogP contribution >= 0.6 is 12.2 Å². The molecule has 3 nitrogen and oxygen atoms in total. The van der Waals surface area contributed by atoms with E-state index >= 15 is 0 Å². The van der Waals surface area contributed by atoms with Crippen molar-refractivity contribution in [2.75, 3.05) is 0 Å². The first-order chi connectivity index (χ1) is 8.10. The van der Waals surface area contributed by atoms with Gasteiger partial charge in [-0.25, -0.2) is 0 Å². The number of rotatable bonds is 7. The molecule has 0 aromatic carbocycles. The van der Waals surface area contributed by atoms with Crippen LogP contribution in [0.3, 0.4) is 0 Å². The number of aromatic amines is 1. The van der Waals surface area contributed by atoms with Gasteiger partial charge in [0.2, 0.25) is 0 Å². The van der Waals surface area contributed by atoms with E-state index in [1.54, 1.807) is 0 Å². The fourth-order valence-electron chi connectivity index (χ4n) is 2.12. The van der Waals surface area contributed by atoms with E-state index in [1.807, 2.05) is 0 Å². The molecule has 0 aliphatic heterocycles. The van der Waals surface area contributed by atoms with Gasteiger partial charge in [-0.3, -0.25) is 5.10 Å². The minimum Gasteiger partial charge on any atom is -0.304 e. The summed E-state index contributed by atoms with van der Waals surface area (Å²) in [7, 11) is 0. The maximum absolute atomic E-state index is 5.32. The number of hydrogen-bond donors (Lipinski definition) is 1. The number of H-pyrrole nitrogens is 1. The number of aromatic nitrogens is 3. The molecule has 1 heterocycles. The molecule has 1 aromatic rings. The van der Waals surface area contributed by atoms with Crippen molar-refractivity contribution in [1.82, 2.24) is 14.8 Å². The van der Waals surface area contributed by atoms with Crippen molar-refractivity contribution < 1.29 is 0 Å². The molecule has 0 aliphatic rings. The zero-order valence-corrected chi connectivity index (χ0v) is 12.3. The van der Waals surface area contributed by atoms with Crippen LogP contribution in [-0.4, -0.2) is 14.8 Å². The number of nitrogens with one attached hydrogen (secondary N) is 1. The van der Waals surface area contributed by atoms with E-state index < -0.39 is 0 Å². The van der Waals surface area contributed by atoms with Crippen molar-refractivity contribution in [3.05, 3.63) is 10.6 Å². The zero-order valence-electron chi connectivity index (χ0n) is 11.5. The monoisotopic (exact) mass is 255 g/mol. The summed E-state index contributed by atoms with van der Waals surface area (Å²) in [5.74, 6) is 2.23. The van der Waals surface area contributed by atoms with Crippen LogP contribution in [0.4, 0.5) is 0 Å². The highest BCUT2D eigenvalue weighted by Gasteiger charge is 2.14. The second-order valence-electron chi connectivity index (χ2n) is 5.07. The molecule has 1 aromatic heterocycles. The van der Waals surface area contributed by atoms with E-state index in [0.717, 1.165) is 23.1 Å². The van der Waals surface area contributed by atoms with E-state index in [-0.39, 0.29) is 0 Å². The molecule has 4 heteroatoms. The molecule has 1 rings (SSSR count). The Labute approximate surface area is 110 Å². The highest BCUT2D eigenvalue weighted by atomic mass is 32.1. The van der Waals surface area contributed by atoms with Crippen molar-refractivity contribution in [3.63, 3.8) is 0 Å². The van der Waals surface area contributed by atoms with Crippen LogP contribution in [0.15, 0.2) is 0 Å². The Balaban J connectivity index is 2.78. The van der Waals surface area contributed by atoms with Crippen LogP contribution in [-0.2, 0) is 6.54 Å². The molecule has 1 unspecified atom stereocenters. The first-order valence-corrected chi connectivity index (χ1v) is 7.16. The van der Waals surface area contributed by atoms with E-state index in [4.69, 9.17) is 12.2 Å². The molecule has 1 atom stereocenters. The molecule has 0 aliphatic carbocycles. The van der Waals surface area contributed by atoms with Crippen LogP contribution in [0.5, 0.6) is 0 Å². The first-order valence-electron chi connectivity index (χ1n) is 6.75. The van der Waals surface area contributed by atoms with Crippen molar-refractivity contribution >= 4 is 12.2 Å². The summed E-state index contributed by atoms with van der Waals surface area (Å²) in [4.78, 5) is 0. The lowest BCUT2D eigenvalue weighted by atomic mass is 9.99. The van der Waals surface area contributed by atoms with Crippen molar-refractivity contribution in [3.8, 4) is 0 Å². The Morgan fingerprint density at radius 1 is 1.35 bits per heavy atom. The van der Waals surface area contributed by atoms with Gasteiger partial charge in [-0.1, -0.05) is 47.0 Å². The van der Waals surface area contributed by atoms with Gasteiger partial charge in [0, 0.05) is 12.5 Å². The third kappa shape index (κ3) is 3.95. The van der Waals surface area contributed by atoms with Crippen LogP contribution in [0, 0.1) is 10.7 Å². The predicted molar refractivity (Wildman–Crippen MR) is 74.8 cm³/mol. The summed E-state index contributed by atoms with van der Waals surface area (Å²) in [6.07, 6.45) is 5.08. The third-order valence-electron chi connectivity index (χ3n) is 3.29. The van der Waals surface area contributed by atoms with Crippen LogP contribution in [0.25, 0.3) is 0 Å². The quantitative estimate of drug-likeness (QED) is 0.738. The van der Waals surface area contributed by atoms with Crippen molar-refractivity contribution in [1.29, 1.82) is 0 Å². The number of nitrogens with zero attached hydrogens (tertiary/aromatic N) is 2. The number of unbranched alkanes of at least 4 members (excludes halogenated alkanes) is 1. The van der Waals surface area contributed by atoms with Crippen LogP contribution in [0.1, 0.15) is 65.1 Å². The molecule has 17 heavy (non-hydrogen) atoms. The van der Waals surface area contributed by atoms with Gasteiger partial charge in [0.15, 0.2) is 4.77 Å². The molecule has 1 N–H and O–H groups in total. The maximum atomic E-state index is 5.32. The van der Waals surface area contributed by atoms with Gasteiger partial charge in [0.1, 0.15) is 5.82 Å². The average Bonchev–Trinajstić information content (AvgIpc) is 2.66. The Morgan fingerprint density at radius 2 is 2.06 bits per heavy atom. The highest BCUT2D eigenvalue weighted by Crippen LogP contribution is 2.19. The normalized spacial score (nSPS) is 13.2. The molecule has 0 saturated carbocycles. The van der Waals surface area contributed by atoms with E-state index in [9.17, 15) is 0 Å². The zero-order chi connectivity index (χ0) is 12.8. The van der Waals surface area contributed by atoms with E-state index in [1.165, 1.54) is 25.7 Å². The summed E-state index contributed by atoms with van der Waals surface area (Å²) < 4.78 is 2.95. The fourth-order valence-corrected chi connectivity index (χ4v) is 2.34. The largest absolute Gasteiger partial charge is 0.304 e. The lowest BCUT2D eigenvalue weighted by molar-refractivity contribution is 0.380. The van der Waals surface area contributed by atoms with Crippen molar-refractivity contribution in [2.45, 2.75) is 65.8 Å². The third-order valence-corrected chi connectivity index (χ3v) is 3.60. The van der Waals surface area contributed by atoms with Gasteiger partial charge in [0.05, 0.1) is 0 Å². The lowest BCUT2D eigenvalue weighted by Crippen LogP contribution is -2.14. The van der Waals surface area contributed by atoms with Gasteiger partial charge in [-0.2, -0.15) is 5.10 Å². The Bertz CT molecular complexity index is 378. The first kappa shape index (κ1) is 14.4. The minimum atomic E-state index is 0.423. The van der Waals surface area contributed by atoms with Gasteiger partial charge >= 0.3 is 0 Å². The SMILES string of the molecule is CCCCC(CC)Cn1c(C(C)C)n[nH]c1=S. The van der Waals surface area contributed by atoms with Gasteiger partial charge in [-0.05, 0) is 24.6 Å². The van der Waals surface area contributed by atoms with Crippen LogP contribution in [0.2, 0.25) is 0 Å². The average molecular weight is 255 g/mol. The smallest absolute Gasteiger partial charge is 0.195 e. The maximum Gasteiger partial charge on any atom is 0.195 e. The van der Waals surface area contributed by atoms with Crippen LogP contribution < -0.4 is 0 Å². The van der Waals surface area contributed by atoms with Crippen molar-refractivity contribution in [2.24, 2.45) is 5.92 Å². The Hall–Kier alpha value is -0.640. The summed E-state index contributed by atoms with van der Waals surface area (Å²) in [5, 5.41) is 7.25. The predicted octanol–water partition coefficient (Wildman–Crippen LogP) is 4.28. The second-order valence-corrected chi connectivity index (χ2v) is 5.46. The summed E-state index contributed by atoms with van der Waals surface area (Å²) >= 11 is 5.32. The molecule has 98 valence electrons.